The quantitative estimate of drug-likeness (QED) is 0.457. The molecule has 2 unspecified atom stereocenters. The third kappa shape index (κ3) is 7.18. The van der Waals surface area contributed by atoms with E-state index in [1.807, 2.05) is 0 Å². The molecule has 1 rings (SSSR count). The zero-order chi connectivity index (χ0) is 24.1. The lowest BCUT2D eigenvalue weighted by molar-refractivity contribution is -0.174. The molecule has 1 aliphatic heterocycles. The molecule has 0 aromatic heterocycles. The number of rotatable bonds is 6. The minimum Gasteiger partial charge on any atom is -0.427 e. The summed E-state index contributed by atoms with van der Waals surface area (Å²) in [6, 6.07) is 0. The van der Waals surface area contributed by atoms with Gasteiger partial charge in [0.15, 0.2) is 0 Å². The van der Waals surface area contributed by atoms with E-state index in [4.69, 9.17) is 18.9 Å². The van der Waals surface area contributed by atoms with Crippen molar-refractivity contribution in [3.63, 3.8) is 0 Å². The standard InChI is InChI=1S/C22H33NO8/c1-12-15(17(24)28-10-30-19(26)21(4,5)6)13(2)23-14(3)16(12)18(25)29-11-31-20(27)22(7,8)9/h12,15H,10-11H2,1-9H3. The molecule has 0 aromatic rings. The predicted octanol–water partition coefficient (Wildman–Crippen LogP) is 3.17. The van der Waals surface area contributed by atoms with Crippen molar-refractivity contribution < 1.29 is 38.1 Å². The van der Waals surface area contributed by atoms with Crippen molar-refractivity contribution in [2.24, 2.45) is 27.7 Å². The van der Waals surface area contributed by atoms with Gasteiger partial charge in [0, 0.05) is 17.3 Å². The molecule has 0 saturated heterocycles. The van der Waals surface area contributed by atoms with Crippen LogP contribution < -0.4 is 0 Å². The maximum atomic E-state index is 12.6. The maximum absolute atomic E-state index is 12.6. The number of carbonyl (C=O) groups excluding carboxylic acids is 4. The number of esters is 4. The molecular weight excluding hydrogens is 406 g/mol. The molecule has 174 valence electrons. The number of hydrogen-bond acceptors (Lipinski definition) is 9. The number of aliphatic imine (C=N–C) groups is 1. The first kappa shape index (κ1) is 26.3. The molecule has 0 radical (unpaired) electrons. The van der Waals surface area contributed by atoms with Gasteiger partial charge in [-0.1, -0.05) is 6.92 Å². The first-order valence-electron chi connectivity index (χ1n) is 10.0. The molecule has 31 heavy (non-hydrogen) atoms. The number of hydrogen-bond donors (Lipinski definition) is 0. The van der Waals surface area contributed by atoms with Crippen molar-refractivity contribution >= 4 is 29.6 Å². The van der Waals surface area contributed by atoms with Crippen LogP contribution in [0.1, 0.15) is 62.3 Å². The monoisotopic (exact) mass is 439 g/mol. The van der Waals surface area contributed by atoms with Gasteiger partial charge < -0.3 is 18.9 Å². The molecular formula is C22H33NO8. The summed E-state index contributed by atoms with van der Waals surface area (Å²) in [6.45, 7) is 14.0. The molecule has 0 bridgehead atoms. The SMILES string of the molecule is CC1=NC(C)=C(C(=O)OCOC(=O)C(C)(C)C)C(C)C1C(=O)OCOC(=O)C(C)(C)C. The third-order valence-electron chi connectivity index (χ3n) is 4.61. The number of ether oxygens (including phenoxy) is 4. The molecule has 9 heteroatoms. The van der Waals surface area contributed by atoms with Crippen LogP contribution in [0.25, 0.3) is 0 Å². The van der Waals surface area contributed by atoms with E-state index >= 15 is 0 Å². The summed E-state index contributed by atoms with van der Waals surface area (Å²) in [4.78, 5) is 53.1. The predicted molar refractivity (Wildman–Crippen MR) is 111 cm³/mol. The Bertz CT molecular complexity index is 795. The normalized spacial score (nSPS) is 19.3. The average molecular weight is 440 g/mol. The third-order valence-corrected chi connectivity index (χ3v) is 4.61. The lowest BCUT2D eigenvalue weighted by Gasteiger charge is -2.28. The van der Waals surface area contributed by atoms with Crippen LogP contribution in [0.4, 0.5) is 0 Å². The van der Waals surface area contributed by atoms with Crippen LogP contribution in [0.15, 0.2) is 16.3 Å². The molecule has 0 aromatic carbocycles. The fourth-order valence-corrected chi connectivity index (χ4v) is 2.84. The zero-order valence-electron chi connectivity index (χ0n) is 19.8. The Hall–Kier alpha value is -2.71. The maximum Gasteiger partial charge on any atom is 0.339 e. The molecule has 0 fully saturated rings. The molecule has 1 aliphatic rings. The summed E-state index contributed by atoms with van der Waals surface area (Å²) in [5.74, 6) is -3.88. The van der Waals surface area contributed by atoms with Gasteiger partial charge in [0.2, 0.25) is 13.6 Å². The highest BCUT2D eigenvalue weighted by atomic mass is 16.7. The lowest BCUT2D eigenvalue weighted by atomic mass is 9.81. The minimum absolute atomic E-state index is 0.186. The molecule has 0 aliphatic carbocycles. The highest BCUT2D eigenvalue weighted by Gasteiger charge is 2.39. The van der Waals surface area contributed by atoms with E-state index in [-0.39, 0.29) is 5.57 Å². The topological polar surface area (TPSA) is 118 Å². The van der Waals surface area contributed by atoms with Gasteiger partial charge >= 0.3 is 23.9 Å². The van der Waals surface area contributed by atoms with E-state index in [2.05, 4.69) is 4.99 Å². The van der Waals surface area contributed by atoms with E-state index in [1.165, 1.54) is 0 Å². The smallest absolute Gasteiger partial charge is 0.339 e. The van der Waals surface area contributed by atoms with Crippen molar-refractivity contribution in [1.29, 1.82) is 0 Å². The second-order valence-corrected chi connectivity index (χ2v) is 9.51. The van der Waals surface area contributed by atoms with Crippen LogP contribution in [0.5, 0.6) is 0 Å². The Kier molecular flexibility index (Phi) is 8.55. The second-order valence-electron chi connectivity index (χ2n) is 9.51. The van der Waals surface area contributed by atoms with Crippen LogP contribution in [0.2, 0.25) is 0 Å². The molecule has 0 spiro atoms. The Balaban J connectivity index is 2.79. The molecule has 1 heterocycles. The fourth-order valence-electron chi connectivity index (χ4n) is 2.84. The van der Waals surface area contributed by atoms with Gasteiger partial charge in [-0.3, -0.25) is 19.4 Å². The summed E-state index contributed by atoms with van der Waals surface area (Å²) < 4.78 is 20.1. The Morgan fingerprint density at radius 3 is 1.71 bits per heavy atom. The van der Waals surface area contributed by atoms with Crippen molar-refractivity contribution in [2.75, 3.05) is 13.6 Å². The van der Waals surface area contributed by atoms with Crippen LogP contribution in [0.3, 0.4) is 0 Å². The van der Waals surface area contributed by atoms with Crippen LogP contribution in [-0.2, 0) is 38.1 Å². The molecule has 0 saturated carbocycles. The largest absolute Gasteiger partial charge is 0.427 e. The van der Waals surface area contributed by atoms with Gasteiger partial charge in [-0.25, -0.2) is 4.79 Å². The molecule has 2 atom stereocenters. The van der Waals surface area contributed by atoms with E-state index in [9.17, 15) is 19.2 Å². The Morgan fingerprint density at radius 2 is 1.26 bits per heavy atom. The van der Waals surface area contributed by atoms with Gasteiger partial charge in [0.05, 0.1) is 16.4 Å². The molecule has 0 amide bonds. The highest BCUT2D eigenvalue weighted by Crippen LogP contribution is 2.32. The van der Waals surface area contributed by atoms with E-state index in [0.29, 0.717) is 11.4 Å². The van der Waals surface area contributed by atoms with Gasteiger partial charge in [0.1, 0.15) is 5.92 Å². The van der Waals surface area contributed by atoms with Gasteiger partial charge in [-0.2, -0.15) is 0 Å². The summed E-state index contributed by atoms with van der Waals surface area (Å²) in [5, 5.41) is 0. The first-order valence-corrected chi connectivity index (χ1v) is 10.0. The van der Waals surface area contributed by atoms with Crippen molar-refractivity contribution in [2.45, 2.75) is 62.3 Å². The fraction of sp³-hybridized carbons (Fsp3) is 0.682. The van der Waals surface area contributed by atoms with Crippen LogP contribution in [0, 0.1) is 22.7 Å². The Labute approximate surface area is 183 Å². The van der Waals surface area contributed by atoms with Crippen LogP contribution >= 0.6 is 0 Å². The van der Waals surface area contributed by atoms with Crippen LogP contribution in [-0.4, -0.2) is 43.2 Å². The Morgan fingerprint density at radius 1 is 0.806 bits per heavy atom. The molecule has 0 N–H and O–H groups in total. The number of nitrogens with zero attached hydrogens (tertiary/aromatic N) is 1. The van der Waals surface area contributed by atoms with E-state index in [0.717, 1.165) is 0 Å². The summed E-state index contributed by atoms with van der Waals surface area (Å²) in [6.07, 6.45) is 0. The zero-order valence-corrected chi connectivity index (χ0v) is 19.8. The summed E-state index contributed by atoms with van der Waals surface area (Å²) in [7, 11) is 0. The highest BCUT2D eigenvalue weighted by molar-refractivity contribution is 6.05. The molecule has 9 nitrogen and oxygen atoms in total. The summed E-state index contributed by atoms with van der Waals surface area (Å²) in [5.41, 5.74) is -0.402. The van der Waals surface area contributed by atoms with E-state index < -0.39 is 60.1 Å². The lowest BCUT2D eigenvalue weighted by Crippen LogP contribution is -2.37. The first-order chi connectivity index (χ1) is 14.1. The van der Waals surface area contributed by atoms with Gasteiger partial charge in [-0.05, 0) is 55.4 Å². The van der Waals surface area contributed by atoms with Crippen molar-refractivity contribution in [3.05, 3.63) is 11.3 Å². The minimum atomic E-state index is -0.850. The number of allylic oxidation sites excluding steroid dienone is 1. The average Bonchev–Trinajstić information content (AvgIpc) is 2.59. The van der Waals surface area contributed by atoms with Gasteiger partial charge in [-0.15, -0.1) is 0 Å². The van der Waals surface area contributed by atoms with Crippen molar-refractivity contribution in [1.82, 2.24) is 0 Å². The van der Waals surface area contributed by atoms with Crippen molar-refractivity contribution in [3.8, 4) is 0 Å². The van der Waals surface area contributed by atoms with Gasteiger partial charge in [0.25, 0.3) is 0 Å². The van der Waals surface area contributed by atoms with E-state index in [1.54, 1.807) is 62.3 Å². The summed E-state index contributed by atoms with van der Waals surface area (Å²) >= 11 is 0. The number of carbonyl (C=O) groups is 4. The second kappa shape index (κ2) is 10.1.